The molecular formula is C10H12N4OS. The molecule has 0 atom stereocenters. The quantitative estimate of drug-likeness (QED) is 0.878. The van der Waals surface area contributed by atoms with Gasteiger partial charge in [0.25, 0.3) is 0 Å². The van der Waals surface area contributed by atoms with E-state index in [1.54, 1.807) is 30.8 Å². The molecule has 2 aromatic rings. The summed E-state index contributed by atoms with van der Waals surface area (Å²) in [5, 5.41) is 6.14. The predicted molar refractivity (Wildman–Crippen MR) is 62.8 cm³/mol. The van der Waals surface area contributed by atoms with Gasteiger partial charge in [-0.1, -0.05) is 0 Å². The first kappa shape index (κ1) is 10.8. The minimum absolute atomic E-state index is 0.577. The first-order valence-corrected chi connectivity index (χ1v) is 5.67. The number of hydrogen-bond donors (Lipinski definition) is 1. The van der Waals surface area contributed by atoms with E-state index in [0.717, 1.165) is 10.7 Å². The summed E-state index contributed by atoms with van der Waals surface area (Å²) in [6, 6.07) is 0. The largest absolute Gasteiger partial charge is 0.494 e. The van der Waals surface area contributed by atoms with Crippen molar-refractivity contribution in [1.29, 1.82) is 0 Å². The smallest absolute Gasteiger partial charge is 0.223 e. The molecule has 5 nitrogen and oxygen atoms in total. The second-order valence-corrected chi connectivity index (χ2v) is 4.13. The first-order valence-electron chi connectivity index (χ1n) is 4.79. The van der Waals surface area contributed by atoms with Crippen molar-refractivity contribution in [2.45, 2.75) is 13.5 Å². The zero-order chi connectivity index (χ0) is 11.4. The number of thiazole rings is 1. The van der Waals surface area contributed by atoms with Gasteiger partial charge in [0.05, 0.1) is 26.0 Å². The fourth-order valence-corrected chi connectivity index (χ4v) is 1.86. The number of aromatic nitrogens is 3. The van der Waals surface area contributed by atoms with Crippen LogP contribution in [0.2, 0.25) is 0 Å². The van der Waals surface area contributed by atoms with Crippen molar-refractivity contribution in [2.24, 2.45) is 0 Å². The Labute approximate surface area is 97.5 Å². The van der Waals surface area contributed by atoms with E-state index in [2.05, 4.69) is 20.3 Å². The fraction of sp³-hybridized carbons (Fsp3) is 0.300. The van der Waals surface area contributed by atoms with Crippen molar-refractivity contribution in [2.75, 3.05) is 12.4 Å². The van der Waals surface area contributed by atoms with Crippen LogP contribution in [0.3, 0.4) is 0 Å². The van der Waals surface area contributed by atoms with Gasteiger partial charge in [-0.2, -0.15) is 0 Å². The second kappa shape index (κ2) is 4.89. The first-order chi connectivity index (χ1) is 7.78. The highest BCUT2D eigenvalue weighted by Crippen LogP contribution is 2.11. The Morgan fingerprint density at radius 1 is 1.38 bits per heavy atom. The SMILES string of the molecule is COc1cnc(NCc2nc(C)cs2)nc1. The van der Waals surface area contributed by atoms with E-state index >= 15 is 0 Å². The maximum atomic E-state index is 4.97. The third-order valence-corrected chi connectivity index (χ3v) is 2.89. The van der Waals surface area contributed by atoms with Crippen LogP contribution in [-0.4, -0.2) is 22.1 Å². The number of nitrogens with one attached hydrogen (secondary N) is 1. The Hall–Kier alpha value is -1.69. The summed E-state index contributed by atoms with van der Waals surface area (Å²) in [6.45, 7) is 2.62. The summed E-state index contributed by atoms with van der Waals surface area (Å²) in [7, 11) is 1.59. The number of rotatable bonds is 4. The number of ether oxygens (including phenoxy) is 1. The molecule has 84 valence electrons. The molecule has 0 aliphatic heterocycles. The van der Waals surface area contributed by atoms with Gasteiger partial charge in [0, 0.05) is 11.1 Å². The molecule has 0 amide bonds. The molecule has 0 unspecified atom stereocenters. The van der Waals surface area contributed by atoms with Gasteiger partial charge in [0.1, 0.15) is 5.01 Å². The number of anilines is 1. The molecule has 6 heteroatoms. The molecular weight excluding hydrogens is 224 g/mol. The van der Waals surface area contributed by atoms with E-state index in [9.17, 15) is 0 Å². The van der Waals surface area contributed by atoms with Gasteiger partial charge < -0.3 is 10.1 Å². The Balaban J connectivity index is 1.94. The lowest BCUT2D eigenvalue weighted by Crippen LogP contribution is -2.03. The van der Waals surface area contributed by atoms with Crippen LogP contribution >= 0.6 is 11.3 Å². The van der Waals surface area contributed by atoms with Gasteiger partial charge >= 0.3 is 0 Å². The fourth-order valence-electron chi connectivity index (χ4n) is 1.15. The highest BCUT2D eigenvalue weighted by atomic mass is 32.1. The molecule has 2 rings (SSSR count). The maximum Gasteiger partial charge on any atom is 0.223 e. The lowest BCUT2D eigenvalue weighted by molar-refractivity contribution is 0.411. The van der Waals surface area contributed by atoms with E-state index in [1.165, 1.54) is 0 Å². The van der Waals surface area contributed by atoms with E-state index in [1.807, 2.05) is 12.3 Å². The summed E-state index contributed by atoms with van der Waals surface area (Å²) < 4.78 is 4.97. The molecule has 0 bridgehead atoms. The lowest BCUT2D eigenvalue weighted by atomic mass is 10.5. The lowest BCUT2D eigenvalue weighted by Gasteiger charge is -2.02. The maximum absolute atomic E-state index is 4.97. The van der Waals surface area contributed by atoms with Crippen molar-refractivity contribution in [3.8, 4) is 5.75 Å². The van der Waals surface area contributed by atoms with Crippen LogP contribution in [-0.2, 0) is 6.54 Å². The molecule has 0 saturated heterocycles. The van der Waals surface area contributed by atoms with Crippen molar-refractivity contribution < 1.29 is 4.74 Å². The molecule has 2 heterocycles. The summed E-state index contributed by atoms with van der Waals surface area (Å²) in [5.41, 5.74) is 1.04. The van der Waals surface area contributed by atoms with Gasteiger partial charge in [-0.15, -0.1) is 11.3 Å². The zero-order valence-electron chi connectivity index (χ0n) is 9.10. The Morgan fingerprint density at radius 3 is 2.69 bits per heavy atom. The van der Waals surface area contributed by atoms with Gasteiger partial charge in [-0.25, -0.2) is 15.0 Å². The number of hydrogen-bond acceptors (Lipinski definition) is 6. The number of nitrogens with zero attached hydrogens (tertiary/aromatic N) is 3. The molecule has 0 radical (unpaired) electrons. The van der Waals surface area contributed by atoms with Crippen LogP contribution in [0.1, 0.15) is 10.7 Å². The molecule has 0 aromatic carbocycles. The van der Waals surface area contributed by atoms with Crippen LogP contribution < -0.4 is 10.1 Å². The van der Waals surface area contributed by atoms with Crippen molar-refractivity contribution in [3.63, 3.8) is 0 Å². The monoisotopic (exact) mass is 236 g/mol. The van der Waals surface area contributed by atoms with E-state index < -0.39 is 0 Å². The van der Waals surface area contributed by atoms with Gasteiger partial charge in [0.15, 0.2) is 5.75 Å². The molecule has 0 aliphatic rings. The number of methoxy groups -OCH3 is 1. The van der Waals surface area contributed by atoms with E-state index in [0.29, 0.717) is 18.2 Å². The standard InChI is InChI=1S/C10H12N4OS/c1-7-6-16-9(14-7)5-13-10-11-3-8(15-2)4-12-10/h3-4,6H,5H2,1-2H3,(H,11,12,13). The zero-order valence-corrected chi connectivity index (χ0v) is 9.91. The third-order valence-electron chi connectivity index (χ3n) is 1.93. The Bertz CT molecular complexity index is 454. The summed E-state index contributed by atoms with van der Waals surface area (Å²) in [5.74, 6) is 1.23. The molecule has 0 saturated carbocycles. The van der Waals surface area contributed by atoms with Crippen molar-refractivity contribution in [3.05, 3.63) is 28.5 Å². The molecule has 1 N–H and O–H groups in total. The van der Waals surface area contributed by atoms with Crippen molar-refractivity contribution in [1.82, 2.24) is 15.0 Å². The molecule has 0 aliphatic carbocycles. The van der Waals surface area contributed by atoms with Crippen LogP contribution in [0.25, 0.3) is 0 Å². The average Bonchev–Trinajstić information content (AvgIpc) is 2.73. The number of aryl methyl sites for hydroxylation is 1. The second-order valence-electron chi connectivity index (χ2n) is 3.18. The molecule has 2 aromatic heterocycles. The highest BCUT2D eigenvalue weighted by Gasteiger charge is 2.00. The van der Waals surface area contributed by atoms with Crippen LogP contribution in [0.15, 0.2) is 17.8 Å². The highest BCUT2D eigenvalue weighted by molar-refractivity contribution is 7.09. The van der Waals surface area contributed by atoms with E-state index in [-0.39, 0.29) is 0 Å². The van der Waals surface area contributed by atoms with Gasteiger partial charge in [0.2, 0.25) is 5.95 Å². The minimum atomic E-state index is 0.577. The summed E-state index contributed by atoms with van der Waals surface area (Å²) >= 11 is 1.62. The topological polar surface area (TPSA) is 59.9 Å². The third kappa shape index (κ3) is 2.66. The van der Waals surface area contributed by atoms with E-state index in [4.69, 9.17) is 4.74 Å². The van der Waals surface area contributed by atoms with Crippen molar-refractivity contribution >= 4 is 17.3 Å². The summed E-state index contributed by atoms with van der Waals surface area (Å²) in [4.78, 5) is 12.5. The van der Waals surface area contributed by atoms with Gasteiger partial charge in [-0.3, -0.25) is 0 Å². The minimum Gasteiger partial charge on any atom is -0.494 e. The molecule has 16 heavy (non-hydrogen) atoms. The molecule has 0 fully saturated rings. The van der Waals surface area contributed by atoms with Crippen LogP contribution in [0.4, 0.5) is 5.95 Å². The predicted octanol–water partition coefficient (Wildman–Crippen LogP) is 1.86. The van der Waals surface area contributed by atoms with Crippen LogP contribution in [0.5, 0.6) is 5.75 Å². The van der Waals surface area contributed by atoms with Crippen LogP contribution in [0, 0.1) is 6.92 Å². The Morgan fingerprint density at radius 2 is 2.12 bits per heavy atom. The molecule has 0 spiro atoms. The average molecular weight is 236 g/mol. The normalized spacial score (nSPS) is 10.1. The Kier molecular flexibility index (Phi) is 3.31. The van der Waals surface area contributed by atoms with Gasteiger partial charge in [-0.05, 0) is 6.92 Å². The summed E-state index contributed by atoms with van der Waals surface area (Å²) in [6.07, 6.45) is 3.25.